The number of H-pyrrole nitrogens is 1. The van der Waals surface area contributed by atoms with Gasteiger partial charge in [0.25, 0.3) is 5.91 Å². The number of halogens is 4. The third-order valence-electron chi connectivity index (χ3n) is 5.60. The lowest BCUT2D eigenvalue weighted by Gasteiger charge is -2.40. The molecule has 1 aromatic carbocycles. The summed E-state index contributed by atoms with van der Waals surface area (Å²) < 4.78 is 56.0. The molecule has 1 spiro atoms. The minimum atomic E-state index is -4.67. The molecule has 0 radical (unpaired) electrons. The zero-order valence-electron chi connectivity index (χ0n) is 14.9. The van der Waals surface area contributed by atoms with Crippen LogP contribution < -0.4 is 4.74 Å². The van der Waals surface area contributed by atoms with Crippen LogP contribution in [0.5, 0.6) is 5.75 Å². The minimum absolute atomic E-state index is 0.150. The van der Waals surface area contributed by atoms with Crippen LogP contribution in [0.4, 0.5) is 17.6 Å². The van der Waals surface area contributed by atoms with Gasteiger partial charge in [-0.1, -0.05) is 12.1 Å². The van der Waals surface area contributed by atoms with E-state index in [1.807, 2.05) is 0 Å². The maximum atomic E-state index is 13.4. The Bertz CT molecular complexity index is 886. The normalized spacial score (nSPS) is 22.0. The molecule has 1 unspecified atom stereocenters. The lowest BCUT2D eigenvalue weighted by Crippen LogP contribution is -2.48. The molecule has 2 heterocycles. The Morgan fingerprint density at radius 1 is 1.29 bits per heavy atom. The number of para-hydroxylation sites is 1. The van der Waals surface area contributed by atoms with Crippen LogP contribution in [0.2, 0.25) is 0 Å². The molecule has 0 bridgehead atoms. The Labute approximate surface area is 158 Å². The first-order valence-electron chi connectivity index (χ1n) is 9.08. The summed E-state index contributed by atoms with van der Waals surface area (Å²) in [6, 6.07) is 5.27. The number of aromatic nitrogens is 2. The summed E-state index contributed by atoms with van der Waals surface area (Å²) in [5.74, 6) is -1.06. The lowest BCUT2D eigenvalue weighted by molar-refractivity contribution is -0.253. The maximum Gasteiger partial charge on any atom is 0.461 e. The number of nitrogens with one attached hydrogen (secondary N) is 1. The van der Waals surface area contributed by atoms with Gasteiger partial charge >= 0.3 is 12.5 Å². The molecule has 2 aliphatic rings. The minimum Gasteiger partial charge on any atom is -0.427 e. The second kappa shape index (κ2) is 6.79. The number of fused-ring (bicyclic) bond motifs is 2. The fourth-order valence-electron chi connectivity index (χ4n) is 4.27. The predicted molar refractivity (Wildman–Crippen MR) is 91.7 cm³/mol. The molecule has 1 aromatic heterocycles. The molecule has 2 aromatic rings. The molecule has 150 valence electrons. The molecule has 28 heavy (non-hydrogen) atoms. The summed E-state index contributed by atoms with van der Waals surface area (Å²) in [6.07, 6.45) is -3.48. The fourth-order valence-corrected chi connectivity index (χ4v) is 4.27. The Balaban J connectivity index is 1.59. The topological polar surface area (TPSA) is 58.2 Å². The van der Waals surface area contributed by atoms with Gasteiger partial charge in [0.05, 0.1) is 11.8 Å². The molecule has 5 nitrogen and oxygen atoms in total. The van der Waals surface area contributed by atoms with E-state index in [4.69, 9.17) is 0 Å². The van der Waals surface area contributed by atoms with Crippen molar-refractivity contribution in [1.82, 2.24) is 15.1 Å². The van der Waals surface area contributed by atoms with Crippen LogP contribution in [0.3, 0.4) is 0 Å². The van der Waals surface area contributed by atoms with E-state index in [9.17, 15) is 22.4 Å². The third kappa shape index (κ3) is 3.12. The van der Waals surface area contributed by atoms with Crippen LogP contribution in [-0.2, 0) is 11.8 Å². The van der Waals surface area contributed by atoms with Gasteiger partial charge in [-0.15, -0.1) is 0 Å². The van der Waals surface area contributed by atoms with E-state index >= 15 is 0 Å². The van der Waals surface area contributed by atoms with E-state index < -0.39 is 24.2 Å². The average Bonchev–Trinajstić information content (AvgIpc) is 3.26. The number of hydrogen-bond donors (Lipinski definition) is 1. The van der Waals surface area contributed by atoms with E-state index in [0.29, 0.717) is 13.1 Å². The molecule has 1 atom stereocenters. The van der Waals surface area contributed by atoms with E-state index in [-0.39, 0.29) is 11.0 Å². The molecule has 1 aliphatic heterocycles. The quantitative estimate of drug-likeness (QED) is 0.800. The molecule has 4 rings (SSSR count). The highest BCUT2D eigenvalue weighted by molar-refractivity contribution is 5.97. The number of benzene rings is 1. The monoisotopic (exact) mass is 397 g/mol. The number of alkyl halides is 4. The van der Waals surface area contributed by atoms with Crippen LogP contribution in [0.25, 0.3) is 0 Å². The Morgan fingerprint density at radius 3 is 2.86 bits per heavy atom. The number of carbonyl (C=O) groups is 1. The summed E-state index contributed by atoms with van der Waals surface area (Å²) in [5, 5.41) is 7.13. The summed E-state index contributed by atoms with van der Waals surface area (Å²) >= 11 is 0. The van der Waals surface area contributed by atoms with Crippen LogP contribution in [0, 0.1) is 0 Å². The van der Waals surface area contributed by atoms with E-state index in [0.717, 1.165) is 43.0 Å². The smallest absolute Gasteiger partial charge is 0.427 e. The number of rotatable bonds is 4. The average molecular weight is 397 g/mol. The van der Waals surface area contributed by atoms with Crippen LogP contribution in [0.15, 0.2) is 30.5 Å². The van der Waals surface area contributed by atoms with Crippen molar-refractivity contribution in [3.63, 3.8) is 0 Å². The number of carbonyl (C=O) groups excluding carboxylic acids is 1. The highest BCUT2D eigenvalue weighted by Gasteiger charge is 2.46. The molecule has 1 amide bonds. The highest BCUT2D eigenvalue weighted by atomic mass is 19.3. The molecular formula is C19H19F4N3O2. The molecule has 1 fully saturated rings. The lowest BCUT2D eigenvalue weighted by atomic mass is 9.77. The van der Waals surface area contributed by atoms with Crippen molar-refractivity contribution < 1.29 is 27.1 Å². The number of aryl methyl sites for hydroxylation is 1. The molecule has 1 aliphatic carbocycles. The van der Waals surface area contributed by atoms with E-state index in [1.165, 1.54) is 18.2 Å². The number of likely N-dealkylation sites (tertiary alicyclic amines) is 1. The summed E-state index contributed by atoms with van der Waals surface area (Å²) in [4.78, 5) is 14.6. The SMILES string of the molecule is O=C(c1ccccc1OC(F)(F)C(F)F)N1CCCC2(CCc3cn[nH]c32)C1. The Hall–Kier alpha value is -2.58. The van der Waals surface area contributed by atoms with Gasteiger partial charge in [0.1, 0.15) is 5.75 Å². The number of amides is 1. The first-order valence-corrected chi connectivity index (χ1v) is 9.08. The van der Waals surface area contributed by atoms with Crippen molar-refractivity contribution in [3.05, 3.63) is 47.3 Å². The van der Waals surface area contributed by atoms with Gasteiger partial charge < -0.3 is 9.64 Å². The number of piperidine rings is 1. The van der Waals surface area contributed by atoms with Gasteiger partial charge in [0.15, 0.2) is 0 Å². The molecule has 1 saturated heterocycles. The largest absolute Gasteiger partial charge is 0.461 e. The van der Waals surface area contributed by atoms with Gasteiger partial charge in [-0.2, -0.15) is 22.7 Å². The second-order valence-electron chi connectivity index (χ2n) is 7.34. The summed E-state index contributed by atoms with van der Waals surface area (Å²) in [7, 11) is 0. The van der Waals surface area contributed by atoms with Crippen molar-refractivity contribution in [2.75, 3.05) is 13.1 Å². The third-order valence-corrected chi connectivity index (χ3v) is 5.60. The van der Waals surface area contributed by atoms with Crippen molar-refractivity contribution in [2.24, 2.45) is 0 Å². The second-order valence-corrected chi connectivity index (χ2v) is 7.34. The highest BCUT2D eigenvalue weighted by Crippen LogP contribution is 2.44. The van der Waals surface area contributed by atoms with Gasteiger partial charge in [0.2, 0.25) is 0 Å². The van der Waals surface area contributed by atoms with Crippen molar-refractivity contribution in [3.8, 4) is 5.75 Å². The fraction of sp³-hybridized carbons (Fsp3) is 0.474. The van der Waals surface area contributed by atoms with Crippen molar-refractivity contribution >= 4 is 5.91 Å². The van der Waals surface area contributed by atoms with Crippen molar-refractivity contribution in [2.45, 2.75) is 43.6 Å². The number of nitrogens with zero attached hydrogens (tertiary/aromatic N) is 2. The standard InChI is InChI=1S/C19H19F4N3O2/c20-17(21)19(22,23)28-14-5-2-1-4-13(14)16(27)26-9-3-7-18(11-26)8-6-12-10-24-25-15(12)18/h1-2,4-5,10,17H,3,6-9,11H2,(H,24,25). The molecule has 0 saturated carbocycles. The first-order chi connectivity index (χ1) is 13.3. The number of aromatic amines is 1. The number of ether oxygens (including phenoxy) is 1. The zero-order chi connectivity index (χ0) is 19.9. The summed E-state index contributed by atoms with van der Waals surface area (Å²) in [5.41, 5.74) is 1.78. The molecule has 1 N–H and O–H groups in total. The molecule has 9 heteroatoms. The van der Waals surface area contributed by atoms with Gasteiger partial charge in [0, 0.05) is 24.2 Å². The van der Waals surface area contributed by atoms with E-state index in [2.05, 4.69) is 14.9 Å². The maximum absolute atomic E-state index is 13.4. The Morgan fingerprint density at radius 2 is 2.07 bits per heavy atom. The van der Waals surface area contributed by atoms with Gasteiger partial charge in [-0.25, -0.2) is 0 Å². The van der Waals surface area contributed by atoms with Crippen molar-refractivity contribution in [1.29, 1.82) is 0 Å². The zero-order valence-corrected chi connectivity index (χ0v) is 14.9. The van der Waals surface area contributed by atoms with Crippen LogP contribution >= 0.6 is 0 Å². The summed E-state index contributed by atoms with van der Waals surface area (Å²) in [6.45, 7) is 0.879. The van der Waals surface area contributed by atoms with E-state index in [1.54, 1.807) is 11.1 Å². The first kappa shape index (κ1) is 18.8. The van der Waals surface area contributed by atoms with Gasteiger partial charge in [-0.3, -0.25) is 9.89 Å². The predicted octanol–water partition coefficient (Wildman–Crippen LogP) is 3.77. The molecular weight excluding hydrogens is 378 g/mol. The van der Waals surface area contributed by atoms with Gasteiger partial charge in [-0.05, 0) is 43.4 Å². The van der Waals surface area contributed by atoms with Crippen LogP contribution in [0.1, 0.15) is 40.9 Å². The Kier molecular flexibility index (Phi) is 4.55. The van der Waals surface area contributed by atoms with Crippen LogP contribution in [-0.4, -0.2) is 46.6 Å². The number of hydrogen-bond acceptors (Lipinski definition) is 3.